The van der Waals surface area contributed by atoms with Crippen LogP contribution in [0.15, 0.2) is 35.7 Å². The molecule has 0 bridgehead atoms. The Morgan fingerprint density at radius 2 is 2.08 bits per heavy atom. The van der Waals surface area contributed by atoms with Gasteiger partial charge in [0.05, 0.1) is 21.9 Å². The Morgan fingerprint density at radius 3 is 2.72 bits per heavy atom. The van der Waals surface area contributed by atoms with E-state index in [-0.39, 0.29) is 11.9 Å². The Balaban J connectivity index is 1.79. The molecule has 0 spiro atoms. The van der Waals surface area contributed by atoms with Crippen LogP contribution in [0.3, 0.4) is 0 Å². The van der Waals surface area contributed by atoms with E-state index in [2.05, 4.69) is 0 Å². The van der Waals surface area contributed by atoms with Crippen molar-refractivity contribution in [3.05, 3.63) is 56.2 Å². The summed E-state index contributed by atoms with van der Waals surface area (Å²) < 4.78 is 33.2. The normalized spacial score (nSPS) is 18.1. The van der Waals surface area contributed by atoms with Gasteiger partial charge >= 0.3 is 0 Å². The molecule has 0 aliphatic carbocycles. The lowest BCUT2D eigenvalue weighted by molar-refractivity contribution is 0.0927. The largest absolute Gasteiger partial charge is 0.377 e. The molecule has 8 heteroatoms. The lowest BCUT2D eigenvalue weighted by Crippen LogP contribution is -2.37. The number of rotatable bonds is 7. The maximum atomic E-state index is 13.0. The predicted molar refractivity (Wildman–Crippen MR) is 103 cm³/mol. The second-order valence-corrected chi connectivity index (χ2v) is 9.83. The second-order valence-electron chi connectivity index (χ2n) is 6.01. The minimum Gasteiger partial charge on any atom is -0.377 e. The summed E-state index contributed by atoms with van der Waals surface area (Å²) in [6.45, 7) is 1.44. The highest BCUT2D eigenvalue weighted by atomic mass is 35.5. The number of nitrogens with zero attached hydrogens (tertiary/aromatic N) is 1. The molecule has 0 radical (unpaired) electrons. The molecule has 1 saturated heterocycles. The molecule has 1 atom stereocenters. The SMILES string of the molecule is O=S(=O)(Cc1ccc(Cl)c(Cl)c1)N(Cc1cccs1)CC1CCCO1. The molecule has 0 amide bonds. The first-order valence-corrected chi connectivity index (χ1v) is 11.2. The number of hydrogen-bond acceptors (Lipinski definition) is 4. The minimum atomic E-state index is -3.51. The third-order valence-electron chi connectivity index (χ3n) is 4.07. The van der Waals surface area contributed by atoms with E-state index in [0.29, 0.717) is 35.3 Å². The van der Waals surface area contributed by atoms with E-state index in [1.165, 1.54) is 4.31 Å². The van der Waals surface area contributed by atoms with Crippen LogP contribution < -0.4 is 0 Å². The number of sulfonamides is 1. The molecule has 3 rings (SSSR count). The zero-order valence-electron chi connectivity index (χ0n) is 13.5. The number of hydrogen-bond donors (Lipinski definition) is 0. The number of halogens is 2. The van der Waals surface area contributed by atoms with E-state index in [4.69, 9.17) is 27.9 Å². The third kappa shape index (κ3) is 5.18. The van der Waals surface area contributed by atoms with Gasteiger partial charge in [-0.05, 0) is 42.0 Å². The van der Waals surface area contributed by atoms with Crippen molar-refractivity contribution in [3.8, 4) is 0 Å². The maximum absolute atomic E-state index is 13.0. The van der Waals surface area contributed by atoms with E-state index in [0.717, 1.165) is 17.7 Å². The fraction of sp³-hybridized carbons (Fsp3) is 0.412. The van der Waals surface area contributed by atoms with Crippen LogP contribution in [-0.4, -0.2) is 32.0 Å². The Labute approximate surface area is 162 Å². The van der Waals surface area contributed by atoms with Crippen molar-refractivity contribution in [2.75, 3.05) is 13.2 Å². The summed E-state index contributed by atoms with van der Waals surface area (Å²) in [4.78, 5) is 1.01. The van der Waals surface area contributed by atoms with Crippen LogP contribution in [0.25, 0.3) is 0 Å². The molecule has 2 heterocycles. The van der Waals surface area contributed by atoms with Crippen LogP contribution in [0, 0.1) is 0 Å². The number of benzene rings is 1. The molecule has 4 nitrogen and oxygen atoms in total. The Hall–Kier alpha value is -0.630. The summed E-state index contributed by atoms with van der Waals surface area (Å²) in [6, 6.07) is 8.80. The molecule has 136 valence electrons. The van der Waals surface area contributed by atoms with Crippen LogP contribution >= 0.6 is 34.5 Å². The first-order valence-electron chi connectivity index (χ1n) is 8.00. The van der Waals surface area contributed by atoms with Crippen molar-refractivity contribution in [1.29, 1.82) is 0 Å². The van der Waals surface area contributed by atoms with Crippen LogP contribution in [0.5, 0.6) is 0 Å². The summed E-state index contributed by atoms with van der Waals surface area (Å²) in [6.07, 6.45) is 1.83. The zero-order chi connectivity index (χ0) is 17.9. The first kappa shape index (κ1) is 19.1. The van der Waals surface area contributed by atoms with E-state index < -0.39 is 10.0 Å². The first-order chi connectivity index (χ1) is 11.9. The van der Waals surface area contributed by atoms with Crippen LogP contribution in [0.1, 0.15) is 23.3 Å². The molecule has 1 unspecified atom stereocenters. The standard InChI is InChI=1S/C17H19Cl2NO3S2/c18-16-6-5-13(9-17(16)19)12-25(21,22)20(10-14-3-1-7-23-14)11-15-4-2-8-24-15/h2,4-6,8-9,14H,1,3,7,10-12H2. The topological polar surface area (TPSA) is 46.6 Å². The van der Waals surface area contributed by atoms with E-state index in [9.17, 15) is 8.42 Å². The van der Waals surface area contributed by atoms with Gasteiger partial charge in [0.25, 0.3) is 0 Å². The van der Waals surface area contributed by atoms with Gasteiger partial charge in [0, 0.05) is 24.6 Å². The molecule has 2 aromatic rings. The fourth-order valence-electron chi connectivity index (χ4n) is 2.80. The molecule has 25 heavy (non-hydrogen) atoms. The van der Waals surface area contributed by atoms with Gasteiger partial charge in [-0.2, -0.15) is 4.31 Å². The van der Waals surface area contributed by atoms with Gasteiger partial charge < -0.3 is 4.74 Å². The summed E-state index contributed by atoms with van der Waals surface area (Å²) in [5, 5.41) is 2.72. The van der Waals surface area contributed by atoms with Gasteiger partial charge in [-0.3, -0.25) is 0 Å². The summed E-state index contributed by atoms with van der Waals surface area (Å²) in [7, 11) is -3.51. The number of thiophene rings is 1. The van der Waals surface area contributed by atoms with E-state index >= 15 is 0 Å². The molecular weight excluding hydrogens is 401 g/mol. The van der Waals surface area contributed by atoms with Crippen molar-refractivity contribution in [3.63, 3.8) is 0 Å². The molecule has 0 saturated carbocycles. The van der Waals surface area contributed by atoms with Crippen LogP contribution in [0.2, 0.25) is 10.0 Å². The zero-order valence-corrected chi connectivity index (χ0v) is 16.7. The molecule has 1 aromatic heterocycles. The molecule has 1 aliphatic heterocycles. The van der Waals surface area contributed by atoms with E-state index in [1.807, 2.05) is 17.5 Å². The Bertz CT molecular complexity index is 803. The van der Waals surface area contributed by atoms with Gasteiger partial charge in [0.15, 0.2) is 0 Å². The van der Waals surface area contributed by atoms with Crippen molar-refractivity contribution < 1.29 is 13.2 Å². The summed E-state index contributed by atoms with van der Waals surface area (Å²) >= 11 is 13.5. The molecule has 1 aliphatic rings. The average molecular weight is 420 g/mol. The van der Waals surface area contributed by atoms with Crippen molar-refractivity contribution >= 4 is 44.6 Å². The minimum absolute atomic E-state index is 0.0384. The summed E-state index contributed by atoms with van der Waals surface area (Å²) in [5.74, 6) is -0.109. The summed E-state index contributed by atoms with van der Waals surface area (Å²) in [5.41, 5.74) is 0.623. The molecule has 1 aromatic carbocycles. The monoisotopic (exact) mass is 419 g/mol. The molecule has 1 fully saturated rings. The molecule has 0 N–H and O–H groups in total. The predicted octanol–water partition coefficient (Wildman–Crippen LogP) is 4.57. The second kappa shape index (κ2) is 8.37. The van der Waals surface area contributed by atoms with Crippen LogP contribution in [-0.2, 0) is 27.1 Å². The van der Waals surface area contributed by atoms with Crippen molar-refractivity contribution in [1.82, 2.24) is 4.31 Å². The van der Waals surface area contributed by atoms with Gasteiger partial charge in [0.2, 0.25) is 10.0 Å². The highest BCUT2D eigenvalue weighted by molar-refractivity contribution is 7.88. The smallest absolute Gasteiger partial charge is 0.218 e. The maximum Gasteiger partial charge on any atom is 0.218 e. The highest BCUT2D eigenvalue weighted by Gasteiger charge is 2.28. The lowest BCUT2D eigenvalue weighted by atomic mass is 10.2. The fourth-order valence-corrected chi connectivity index (χ4v) is 5.43. The quantitative estimate of drug-likeness (QED) is 0.660. The van der Waals surface area contributed by atoms with Crippen LogP contribution in [0.4, 0.5) is 0 Å². The highest BCUT2D eigenvalue weighted by Crippen LogP contribution is 2.26. The third-order valence-corrected chi connectivity index (χ3v) is 7.43. The van der Waals surface area contributed by atoms with Gasteiger partial charge in [0.1, 0.15) is 0 Å². The van der Waals surface area contributed by atoms with Crippen molar-refractivity contribution in [2.24, 2.45) is 0 Å². The number of ether oxygens (including phenoxy) is 1. The van der Waals surface area contributed by atoms with Crippen molar-refractivity contribution in [2.45, 2.75) is 31.2 Å². The molecular formula is C17H19Cl2NO3S2. The Kier molecular flexibility index (Phi) is 6.41. The lowest BCUT2D eigenvalue weighted by Gasteiger charge is -2.24. The van der Waals surface area contributed by atoms with Gasteiger partial charge in [-0.1, -0.05) is 35.3 Å². The average Bonchev–Trinajstić information content (AvgIpc) is 3.24. The Morgan fingerprint density at radius 1 is 1.24 bits per heavy atom. The van der Waals surface area contributed by atoms with Gasteiger partial charge in [-0.15, -0.1) is 11.3 Å². The van der Waals surface area contributed by atoms with Gasteiger partial charge in [-0.25, -0.2) is 8.42 Å². The van der Waals surface area contributed by atoms with E-state index in [1.54, 1.807) is 29.5 Å².